The SMILES string of the molecule is NCc1cc(F)cc(COc2ccc(Br)cc2Br)c1. The minimum atomic E-state index is -0.295. The van der Waals surface area contributed by atoms with Crippen molar-refractivity contribution in [3.05, 3.63) is 62.3 Å². The molecule has 0 amide bonds. The van der Waals surface area contributed by atoms with Gasteiger partial charge in [0.15, 0.2) is 0 Å². The number of nitrogens with two attached hydrogens (primary N) is 1. The largest absolute Gasteiger partial charge is 0.488 e. The predicted octanol–water partition coefficient (Wildman–Crippen LogP) is 4.39. The van der Waals surface area contributed by atoms with Gasteiger partial charge < -0.3 is 10.5 Å². The van der Waals surface area contributed by atoms with Gasteiger partial charge in [-0.3, -0.25) is 0 Å². The van der Waals surface area contributed by atoms with Crippen molar-refractivity contribution < 1.29 is 9.13 Å². The molecule has 0 aliphatic rings. The van der Waals surface area contributed by atoms with E-state index in [0.29, 0.717) is 18.9 Å². The maximum Gasteiger partial charge on any atom is 0.134 e. The number of halogens is 3. The van der Waals surface area contributed by atoms with E-state index in [1.807, 2.05) is 24.3 Å². The van der Waals surface area contributed by atoms with Gasteiger partial charge >= 0.3 is 0 Å². The molecule has 0 aromatic heterocycles. The number of hydrogen-bond acceptors (Lipinski definition) is 2. The smallest absolute Gasteiger partial charge is 0.134 e. The fraction of sp³-hybridized carbons (Fsp3) is 0.143. The van der Waals surface area contributed by atoms with Crippen molar-refractivity contribution in [2.24, 2.45) is 5.73 Å². The highest BCUT2D eigenvalue weighted by Gasteiger charge is 2.04. The Morgan fingerprint density at radius 3 is 2.47 bits per heavy atom. The standard InChI is InChI=1S/C14H12Br2FNO/c15-11-1-2-14(13(16)6-11)19-8-10-3-9(7-18)4-12(17)5-10/h1-6H,7-8,18H2. The molecule has 2 aromatic carbocycles. The van der Waals surface area contributed by atoms with Crippen LogP contribution in [0.1, 0.15) is 11.1 Å². The summed E-state index contributed by atoms with van der Waals surface area (Å²) in [6.45, 7) is 0.609. The summed E-state index contributed by atoms with van der Waals surface area (Å²) < 4.78 is 20.8. The number of hydrogen-bond donors (Lipinski definition) is 1. The van der Waals surface area contributed by atoms with Crippen LogP contribution < -0.4 is 10.5 Å². The Morgan fingerprint density at radius 2 is 1.79 bits per heavy atom. The lowest BCUT2D eigenvalue weighted by Crippen LogP contribution is -2.01. The van der Waals surface area contributed by atoms with Gasteiger partial charge in [-0.15, -0.1) is 0 Å². The van der Waals surface area contributed by atoms with E-state index in [0.717, 1.165) is 20.1 Å². The lowest BCUT2D eigenvalue weighted by molar-refractivity contribution is 0.303. The first-order chi connectivity index (χ1) is 9.08. The molecule has 2 aromatic rings. The highest BCUT2D eigenvalue weighted by Crippen LogP contribution is 2.28. The van der Waals surface area contributed by atoms with Crippen molar-refractivity contribution in [2.45, 2.75) is 13.2 Å². The third-order valence-corrected chi connectivity index (χ3v) is 3.65. The molecule has 2 N–H and O–H groups in total. The molecule has 0 fully saturated rings. The van der Waals surface area contributed by atoms with E-state index in [1.54, 1.807) is 0 Å². The molecule has 2 nitrogen and oxygen atoms in total. The second-order valence-corrected chi connectivity index (χ2v) is 5.81. The zero-order valence-electron chi connectivity index (χ0n) is 10.00. The van der Waals surface area contributed by atoms with Crippen LogP contribution in [0.3, 0.4) is 0 Å². The van der Waals surface area contributed by atoms with Crippen LogP contribution in [0.5, 0.6) is 5.75 Å². The molecule has 2 rings (SSSR count). The molecule has 0 aliphatic heterocycles. The van der Waals surface area contributed by atoms with Crippen LogP contribution in [-0.4, -0.2) is 0 Å². The first kappa shape index (κ1) is 14.5. The van der Waals surface area contributed by atoms with Crippen LogP contribution in [0.15, 0.2) is 45.3 Å². The van der Waals surface area contributed by atoms with Crippen molar-refractivity contribution >= 4 is 31.9 Å². The topological polar surface area (TPSA) is 35.2 Å². The van der Waals surface area contributed by atoms with Gasteiger partial charge in [0.05, 0.1) is 4.47 Å². The fourth-order valence-corrected chi connectivity index (χ4v) is 2.83. The van der Waals surface area contributed by atoms with Crippen LogP contribution in [0, 0.1) is 5.82 Å². The highest BCUT2D eigenvalue weighted by molar-refractivity contribution is 9.11. The number of ether oxygens (including phenoxy) is 1. The molecule has 0 atom stereocenters. The van der Waals surface area contributed by atoms with Gasteiger partial charge in [-0.25, -0.2) is 4.39 Å². The predicted molar refractivity (Wildman–Crippen MR) is 80.5 cm³/mol. The zero-order chi connectivity index (χ0) is 13.8. The maximum absolute atomic E-state index is 13.3. The quantitative estimate of drug-likeness (QED) is 0.842. The second-order valence-electron chi connectivity index (χ2n) is 4.04. The summed E-state index contributed by atoms with van der Waals surface area (Å²) in [6, 6.07) is 10.3. The Hall–Kier alpha value is -0.910. The number of rotatable bonds is 4. The lowest BCUT2D eigenvalue weighted by Gasteiger charge is -2.09. The van der Waals surface area contributed by atoms with Crippen molar-refractivity contribution in [2.75, 3.05) is 0 Å². The number of benzene rings is 2. The zero-order valence-corrected chi connectivity index (χ0v) is 13.2. The molecule has 5 heteroatoms. The van der Waals surface area contributed by atoms with E-state index in [1.165, 1.54) is 12.1 Å². The average Bonchev–Trinajstić information content (AvgIpc) is 2.37. The Labute approximate surface area is 128 Å². The van der Waals surface area contributed by atoms with Crippen LogP contribution in [0.25, 0.3) is 0 Å². The van der Waals surface area contributed by atoms with Crippen molar-refractivity contribution in [1.82, 2.24) is 0 Å². The Bertz CT molecular complexity index is 590. The third-order valence-electron chi connectivity index (χ3n) is 2.54. The van der Waals surface area contributed by atoms with Crippen LogP contribution in [-0.2, 0) is 13.2 Å². The summed E-state index contributed by atoms with van der Waals surface area (Å²) in [7, 11) is 0. The lowest BCUT2D eigenvalue weighted by atomic mass is 10.1. The molecule has 0 heterocycles. The van der Waals surface area contributed by atoms with E-state index < -0.39 is 0 Å². The van der Waals surface area contributed by atoms with Gasteiger partial charge in [0, 0.05) is 11.0 Å². The van der Waals surface area contributed by atoms with Gasteiger partial charge in [-0.1, -0.05) is 22.0 Å². The van der Waals surface area contributed by atoms with E-state index in [2.05, 4.69) is 31.9 Å². The van der Waals surface area contributed by atoms with Gasteiger partial charge in [0.2, 0.25) is 0 Å². The van der Waals surface area contributed by atoms with Gasteiger partial charge in [0.25, 0.3) is 0 Å². The summed E-state index contributed by atoms with van der Waals surface area (Å²) in [5, 5.41) is 0. The third kappa shape index (κ3) is 4.03. The van der Waals surface area contributed by atoms with Crippen molar-refractivity contribution in [3.63, 3.8) is 0 Å². The monoisotopic (exact) mass is 387 g/mol. The summed E-state index contributed by atoms with van der Waals surface area (Å²) in [6.07, 6.45) is 0. The molecular formula is C14H12Br2FNO. The maximum atomic E-state index is 13.3. The molecule has 100 valence electrons. The summed E-state index contributed by atoms with van der Waals surface area (Å²) >= 11 is 6.79. The van der Waals surface area contributed by atoms with E-state index in [9.17, 15) is 4.39 Å². The molecule has 0 saturated heterocycles. The Balaban J connectivity index is 2.12. The second kappa shape index (κ2) is 6.50. The minimum absolute atomic E-state index is 0.295. The molecule has 0 unspecified atom stereocenters. The molecule has 19 heavy (non-hydrogen) atoms. The molecule has 0 saturated carbocycles. The van der Waals surface area contributed by atoms with E-state index in [4.69, 9.17) is 10.5 Å². The first-order valence-corrected chi connectivity index (χ1v) is 7.23. The summed E-state index contributed by atoms with van der Waals surface area (Å²) in [4.78, 5) is 0. The molecular weight excluding hydrogens is 377 g/mol. The Morgan fingerprint density at radius 1 is 1.05 bits per heavy atom. The summed E-state index contributed by atoms with van der Waals surface area (Å²) in [5.74, 6) is 0.415. The minimum Gasteiger partial charge on any atom is -0.488 e. The summed E-state index contributed by atoms with van der Waals surface area (Å²) in [5.41, 5.74) is 7.03. The van der Waals surface area contributed by atoms with Crippen LogP contribution in [0.2, 0.25) is 0 Å². The van der Waals surface area contributed by atoms with Crippen LogP contribution in [0.4, 0.5) is 4.39 Å². The van der Waals surface area contributed by atoms with E-state index >= 15 is 0 Å². The highest BCUT2D eigenvalue weighted by atomic mass is 79.9. The van der Waals surface area contributed by atoms with Gasteiger partial charge in [-0.05, 0) is 57.4 Å². The van der Waals surface area contributed by atoms with Gasteiger partial charge in [0.1, 0.15) is 18.2 Å². The van der Waals surface area contributed by atoms with Gasteiger partial charge in [-0.2, -0.15) is 0 Å². The average molecular weight is 389 g/mol. The van der Waals surface area contributed by atoms with Crippen molar-refractivity contribution in [1.29, 1.82) is 0 Å². The molecule has 0 spiro atoms. The Kier molecular flexibility index (Phi) is 4.96. The van der Waals surface area contributed by atoms with E-state index in [-0.39, 0.29) is 5.82 Å². The molecule has 0 aliphatic carbocycles. The first-order valence-electron chi connectivity index (χ1n) is 5.65. The van der Waals surface area contributed by atoms with Crippen LogP contribution >= 0.6 is 31.9 Å². The fourth-order valence-electron chi connectivity index (χ4n) is 1.67. The molecule has 0 radical (unpaired) electrons. The normalized spacial score (nSPS) is 10.5. The molecule has 0 bridgehead atoms. The van der Waals surface area contributed by atoms with Crippen molar-refractivity contribution in [3.8, 4) is 5.75 Å².